The summed E-state index contributed by atoms with van der Waals surface area (Å²) in [7, 11) is 0. The van der Waals surface area contributed by atoms with Gasteiger partial charge in [0.2, 0.25) is 0 Å². The van der Waals surface area contributed by atoms with E-state index >= 15 is 0 Å². The number of carbonyl (C=O) groups is 2. The molecule has 0 saturated carbocycles. The third-order valence-electron chi connectivity index (χ3n) is 4.36. The van der Waals surface area contributed by atoms with Crippen LogP contribution in [-0.4, -0.2) is 34.8 Å². The molecule has 1 fully saturated rings. The average molecular weight is 359 g/mol. The fourth-order valence-corrected chi connectivity index (χ4v) is 3.01. The van der Waals surface area contributed by atoms with Gasteiger partial charge in [0.25, 0.3) is 11.8 Å². The van der Waals surface area contributed by atoms with Crippen molar-refractivity contribution in [1.82, 2.24) is 9.88 Å². The van der Waals surface area contributed by atoms with Gasteiger partial charge in [-0.3, -0.25) is 14.6 Å². The quantitative estimate of drug-likeness (QED) is 0.913. The van der Waals surface area contributed by atoms with Gasteiger partial charge in [0.15, 0.2) is 0 Å². The molecule has 2 amide bonds. The highest BCUT2D eigenvalue weighted by molar-refractivity contribution is 6.05. The second-order valence-corrected chi connectivity index (χ2v) is 6.51. The van der Waals surface area contributed by atoms with Gasteiger partial charge in [0, 0.05) is 30.9 Å². The second kappa shape index (κ2) is 7.59. The number of pyridine rings is 1. The Kier molecular flexibility index (Phi) is 5.25. The molecule has 0 spiro atoms. The van der Waals surface area contributed by atoms with Crippen LogP contribution in [0.5, 0.6) is 0 Å². The first-order chi connectivity index (χ1) is 12.4. The van der Waals surface area contributed by atoms with E-state index in [2.05, 4.69) is 17.2 Å². The third-order valence-corrected chi connectivity index (χ3v) is 4.36. The molecule has 7 heteroatoms. The molecule has 0 aliphatic carbocycles. The standard InChI is InChI=1S/C19H19F2N3O2/c1-12-3-2-8-24(11-12)19(26)17-9-13(6-7-22-17)18(25)23-16-5-4-14(20)10-15(16)21/h4-7,9-10,12H,2-3,8,11H2,1H3,(H,23,25). The van der Waals surface area contributed by atoms with Crippen molar-refractivity contribution < 1.29 is 18.4 Å². The van der Waals surface area contributed by atoms with E-state index in [0.717, 1.165) is 25.0 Å². The van der Waals surface area contributed by atoms with Gasteiger partial charge in [0.1, 0.15) is 17.3 Å². The first-order valence-corrected chi connectivity index (χ1v) is 8.46. The van der Waals surface area contributed by atoms with Crippen molar-refractivity contribution in [2.24, 2.45) is 5.92 Å². The van der Waals surface area contributed by atoms with E-state index in [1.54, 1.807) is 4.90 Å². The summed E-state index contributed by atoms with van der Waals surface area (Å²) in [6.07, 6.45) is 3.40. The lowest BCUT2D eigenvalue weighted by Gasteiger charge is -2.30. The molecule has 1 aliphatic heterocycles. The largest absolute Gasteiger partial charge is 0.337 e. The maximum Gasteiger partial charge on any atom is 0.272 e. The van der Waals surface area contributed by atoms with Crippen LogP contribution in [0.15, 0.2) is 36.5 Å². The van der Waals surface area contributed by atoms with Crippen molar-refractivity contribution in [1.29, 1.82) is 0 Å². The number of hydrogen-bond acceptors (Lipinski definition) is 3. The summed E-state index contributed by atoms with van der Waals surface area (Å²) in [5, 5.41) is 2.37. The summed E-state index contributed by atoms with van der Waals surface area (Å²) in [5.41, 5.74) is 0.217. The number of likely N-dealkylation sites (tertiary alicyclic amines) is 1. The Balaban J connectivity index is 1.75. The zero-order chi connectivity index (χ0) is 18.7. The summed E-state index contributed by atoms with van der Waals surface area (Å²) in [5.74, 6) is -1.99. The van der Waals surface area contributed by atoms with E-state index in [0.29, 0.717) is 25.1 Å². The molecule has 2 heterocycles. The number of nitrogens with one attached hydrogen (secondary N) is 1. The molecule has 1 aromatic heterocycles. The number of rotatable bonds is 3. The first kappa shape index (κ1) is 18.0. The van der Waals surface area contributed by atoms with Crippen molar-refractivity contribution in [3.05, 3.63) is 59.4 Å². The van der Waals surface area contributed by atoms with Crippen molar-refractivity contribution in [3.8, 4) is 0 Å². The van der Waals surface area contributed by atoms with E-state index in [1.807, 2.05) is 0 Å². The molecule has 136 valence electrons. The molecule has 1 unspecified atom stereocenters. The Labute approximate surface area is 150 Å². The lowest BCUT2D eigenvalue weighted by atomic mass is 10.00. The van der Waals surface area contributed by atoms with E-state index in [1.165, 1.54) is 18.3 Å². The molecule has 0 radical (unpaired) electrons. The van der Waals surface area contributed by atoms with Gasteiger partial charge in [0.05, 0.1) is 5.69 Å². The van der Waals surface area contributed by atoms with Gasteiger partial charge in [-0.15, -0.1) is 0 Å². The van der Waals surface area contributed by atoms with Crippen LogP contribution < -0.4 is 5.32 Å². The Morgan fingerprint density at radius 3 is 2.77 bits per heavy atom. The molecule has 1 aromatic carbocycles. The van der Waals surface area contributed by atoms with Crippen molar-refractivity contribution in [2.75, 3.05) is 18.4 Å². The summed E-state index contributed by atoms with van der Waals surface area (Å²) in [6, 6.07) is 5.71. The number of anilines is 1. The number of carbonyl (C=O) groups excluding carboxylic acids is 2. The predicted molar refractivity (Wildman–Crippen MR) is 92.8 cm³/mol. The molecule has 2 aromatic rings. The molecule has 1 saturated heterocycles. The average Bonchev–Trinajstić information content (AvgIpc) is 2.63. The molecule has 26 heavy (non-hydrogen) atoms. The molecular weight excluding hydrogens is 340 g/mol. The first-order valence-electron chi connectivity index (χ1n) is 8.46. The molecule has 3 rings (SSSR count). The molecule has 1 N–H and O–H groups in total. The number of aromatic nitrogens is 1. The number of piperidine rings is 1. The van der Waals surface area contributed by atoms with E-state index in [-0.39, 0.29) is 22.9 Å². The normalized spacial score (nSPS) is 17.0. The summed E-state index contributed by atoms with van der Waals surface area (Å²) < 4.78 is 26.6. The molecule has 1 aliphatic rings. The van der Waals surface area contributed by atoms with Crippen molar-refractivity contribution in [2.45, 2.75) is 19.8 Å². The second-order valence-electron chi connectivity index (χ2n) is 6.51. The van der Waals surface area contributed by atoms with E-state index in [4.69, 9.17) is 0 Å². The van der Waals surface area contributed by atoms with Gasteiger partial charge in [-0.25, -0.2) is 8.78 Å². The smallest absolute Gasteiger partial charge is 0.272 e. The van der Waals surface area contributed by atoms with Crippen LogP contribution in [0.2, 0.25) is 0 Å². The fourth-order valence-electron chi connectivity index (χ4n) is 3.01. The topological polar surface area (TPSA) is 62.3 Å². The lowest BCUT2D eigenvalue weighted by Crippen LogP contribution is -2.39. The van der Waals surface area contributed by atoms with Crippen LogP contribution in [0.4, 0.5) is 14.5 Å². The Bertz CT molecular complexity index is 841. The van der Waals surface area contributed by atoms with Crippen LogP contribution in [0.25, 0.3) is 0 Å². The number of nitrogens with zero attached hydrogens (tertiary/aromatic N) is 2. The van der Waals surface area contributed by atoms with Crippen molar-refractivity contribution in [3.63, 3.8) is 0 Å². The summed E-state index contributed by atoms with van der Waals surface area (Å²) >= 11 is 0. The number of hydrogen-bond donors (Lipinski definition) is 1. The SMILES string of the molecule is CC1CCCN(C(=O)c2cc(C(=O)Nc3ccc(F)cc3F)ccn2)C1. The predicted octanol–water partition coefficient (Wildman–Crippen LogP) is 3.48. The summed E-state index contributed by atoms with van der Waals surface area (Å²) in [4.78, 5) is 30.7. The highest BCUT2D eigenvalue weighted by Gasteiger charge is 2.23. The van der Waals surface area contributed by atoms with Crippen LogP contribution in [-0.2, 0) is 0 Å². The van der Waals surface area contributed by atoms with Crippen molar-refractivity contribution >= 4 is 17.5 Å². The Morgan fingerprint density at radius 1 is 1.23 bits per heavy atom. The maximum atomic E-state index is 13.7. The van der Waals surface area contributed by atoms with Gasteiger partial charge in [-0.2, -0.15) is 0 Å². The Hall–Kier alpha value is -2.83. The molecule has 5 nitrogen and oxygen atoms in total. The highest BCUT2D eigenvalue weighted by atomic mass is 19.1. The Morgan fingerprint density at radius 2 is 2.04 bits per heavy atom. The van der Waals surface area contributed by atoms with Gasteiger partial charge < -0.3 is 10.2 Å². The molecular formula is C19H19F2N3O2. The summed E-state index contributed by atoms with van der Waals surface area (Å²) in [6.45, 7) is 3.42. The number of benzene rings is 1. The number of halogens is 2. The monoisotopic (exact) mass is 359 g/mol. The lowest BCUT2D eigenvalue weighted by molar-refractivity contribution is 0.0677. The highest BCUT2D eigenvalue weighted by Crippen LogP contribution is 2.19. The zero-order valence-electron chi connectivity index (χ0n) is 14.3. The van der Waals surface area contributed by atoms with Gasteiger partial charge in [-0.1, -0.05) is 6.92 Å². The minimum atomic E-state index is -0.869. The van der Waals surface area contributed by atoms with Crippen LogP contribution >= 0.6 is 0 Å². The fraction of sp³-hybridized carbons (Fsp3) is 0.316. The van der Waals surface area contributed by atoms with E-state index in [9.17, 15) is 18.4 Å². The molecule has 1 atom stereocenters. The third kappa shape index (κ3) is 4.04. The van der Waals surface area contributed by atoms with E-state index < -0.39 is 17.5 Å². The minimum absolute atomic E-state index is 0.133. The van der Waals surface area contributed by atoms with Crippen LogP contribution in [0.3, 0.4) is 0 Å². The maximum absolute atomic E-state index is 13.7. The van der Waals surface area contributed by atoms with Crippen LogP contribution in [0.1, 0.15) is 40.6 Å². The zero-order valence-corrected chi connectivity index (χ0v) is 14.3. The molecule has 0 bridgehead atoms. The van der Waals surface area contributed by atoms with Crippen LogP contribution in [0, 0.1) is 17.6 Å². The number of amides is 2. The van der Waals surface area contributed by atoms with Gasteiger partial charge in [-0.05, 0) is 43.0 Å². The minimum Gasteiger partial charge on any atom is -0.337 e. The van der Waals surface area contributed by atoms with Gasteiger partial charge >= 0.3 is 0 Å².